The predicted octanol–water partition coefficient (Wildman–Crippen LogP) is 3.28. The second-order valence-corrected chi connectivity index (χ2v) is 7.70. The summed E-state index contributed by atoms with van der Waals surface area (Å²) in [6.07, 6.45) is 7.09. The fraction of sp³-hybridized carbons (Fsp3) is 0.200. The van der Waals surface area contributed by atoms with Crippen molar-refractivity contribution in [3.8, 4) is 33.8 Å². The lowest BCUT2D eigenvalue weighted by molar-refractivity contribution is 0.0696. The van der Waals surface area contributed by atoms with Gasteiger partial charge in [0.25, 0.3) is 5.91 Å². The normalized spacial score (nSPS) is 13.8. The Morgan fingerprint density at radius 1 is 0.909 bits per heavy atom. The molecule has 1 saturated heterocycles. The highest BCUT2D eigenvalue weighted by Gasteiger charge is 2.19. The maximum Gasteiger partial charge on any atom is 0.251 e. The van der Waals surface area contributed by atoms with E-state index in [4.69, 9.17) is 4.74 Å². The molecular formula is C25H25N5O3. The Labute approximate surface area is 191 Å². The van der Waals surface area contributed by atoms with Gasteiger partial charge < -0.3 is 15.5 Å². The summed E-state index contributed by atoms with van der Waals surface area (Å²) in [5.41, 5.74) is 5.81. The van der Waals surface area contributed by atoms with E-state index in [2.05, 4.69) is 25.5 Å². The van der Waals surface area contributed by atoms with Gasteiger partial charge in [-0.25, -0.2) is 0 Å². The van der Waals surface area contributed by atoms with E-state index in [9.17, 15) is 4.79 Å². The molecule has 0 radical (unpaired) electrons. The molecule has 0 aliphatic carbocycles. The number of carbonyl (C=O) groups excluding carboxylic acids is 1. The van der Waals surface area contributed by atoms with Gasteiger partial charge in [-0.15, -0.1) is 0 Å². The molecule has 4 aromatic rings. The van der Waals surface area contributed by atoms with Crippen LogP contribution >= 0.6 is 0 Å². The number of amides is 1. The van der Waals surface area contributed by atoms with Gasteiger partial charge in [0.15, 0.2) is 0 Å². The first-order valence-electron chi connectivity index (χ1n) is 10.7. The number of aromatic amines is 1. The van der Waals surface area contributed by atoms with Crippen molar-refractivity contribution < 1.29 is 15.0 Å². The Hall–Kier alpha value is -3.88. The molecule has 8 nitrogen and oxygen atoms in total. The Morgan fingerprint density at radius 3 is 2.45 bits per heavy atom. The highest BCUT2D eigenvalue weighted by Crippen LogP contribution is 2.35. The molecular weight excluding hydrogens is 418 g/mol. The van der Waals surface area contributed by atoms with Crippen molar-refractivity contribution in [2.24, 2.45) is 0 Å². The van der Waals surface area contributed by atoms with E-state index in [1.54, 1.807) is 12.4 Å². The molecule has 5 rings (SSSR count). The van der Waals surface area contributed by atoms with E-state index in [0.717, 1.165) is 46.6 Å². The third kappa shape index (κ3) is 4.82. The molecule has 0 bridgehead atoms. The number of ether oxygens (including phenoxy) is 1. The monoisotopic (exact) mass is 443 g/mol. The average Bonchev–Trinajstić information content (AvgIpc) is 3.35. The molecule has 3 aromatic heterocycles. The van der Waals surface area contributed by atoms with Gasteiger partial charge in [0, 0.05) is 60.1 Å². The van der Waals surface area contributed by atoms with Crippen LogP contribution in [0.25, 0.3) is 33.8 Å². The fourth-order valence-electron chi connectivity index (χ4n) is 3.94. The van der Waals surface area contributed by atoms with Crippen LogP contribution in [-0.4, -0.2) is 50.8 Å². The lowest BCUT2D eigenvalue weighted by Crippen LogP contribution is -2.38. The Morgan fingerprint density at radius 2 is 1.70 bits per heavy atom. The zero-order valence-corrected chi connectivity index (χ0v) is 18.0. The van der Waals surface area contributed by atoms with Gasteiger partial charge in [0.1, 0.15) is 5.69 Å². The van der Waals surface area contributed by atoms with Crippen LogP contribution in [0, 0.1) is 0 Å². The van der Waals surface area contributed by atoms with Gasteiger partial charge in [-0.05, 0) is 43.2 Å². The van der Waals surface area contributed by atoms with Gasteiger partial charge in [0.05, 0.1) is 11.4 Å². The second kappa shape index (κ2) is 10.2. The van der Waals surface area contributed by atoms with Crippen LogP contribution in [0.4, 0.5) is 0 Å². The maximum absolute atomic E-state index is 12.6. The zero-order valence-electron chi connectivity index (χ0n) is 18.0. The molecule has 1 fully saturated rings. The molecule has 4 N–H and O–H groups in total. The summed E-state index contributed by atoms with van der Waals surface area (Å²) in [5, 5.41) is 10.5. The molecule has 1 aliphatic rings. The van der Waals surface area contributed by atoms with E-state index in [1.807, 2.05) is 60.8 Å². The highest BCUT2D eigenvalue weighted by atomic mass is 16.5. The molecule has 0 spiro atoms. The first-order valence-corrected chi connectivity index (χ1v) is 10.7. The van der Waals surface area contributed by atoms with E-state index in [0.29, 0.717) is 18.8 Å². The van der Waals surface area contributed by atoms with Gasteiger partial charge in [-0.1, -0.05) is 24.3 Å². The van der Waals surface area contributed by atoms with Crippen LogP contribution in [0.1, 0.15) is 23.2 Å². The second-order valence-electron chi connectivity index (χ2n) is 7.70. The van der Waals surface area contributed by atoms with E-state index in [-0.39, 0.29) is 17.4 Å². The SMILES string of the molecule is O.O=C(NC1CCOCC1)c1ccc(-c2ncccc2-c2c[nH]nc2-c2ccccn2)cc1. The summed E-state index contributed by atoms with van der Waals surface area (Å²) in [6.45, 7) is 1.39. The van der Waals surface area contributed by atoms with Gasteiger partial charge >= 0.3 is 0 Å². The third-order valence-corrected chi connectivity index (χ3v) is 5.62. The predicted molar refractivity (Wildman–Crippen MR) is 125 cm³/mol. The molecule has 1 amide bonds. The van der Waals surface area contributed by atoms with Crippen molar-refractivity contribution >= 4 is 5.91 Å². The molecule has 1 aliphatic heterocycles. The molecule has 1 aromatic carbocycles. The number of nitrogens with one attached hydrogen (secondary N) is 2. The topological polar surface area (TPSA) is 124 Å². The number of benzene rings is 1. The van der Waals surface area contributed by atoms with Crippen LogP contribution in [0.3, 0.4) is 0 Å². The van der Waals surface area contributed by atoms with Crippen LogP contribution in [-0.2, 0) is 4.74 Å². The summed E-state index contributed by atoms with van der Waals surface area (Å²) >= 11 is 0. The minimum atomic E-state index is -0.0584. The smallest absolute Gasteiger partial charge is 0.251 e. The van der Waals surface area contributed by atoms with E-state index < -0.39 is 0 Å². The first-order chi connectivity index (χ1) is 15.8. The summed E-state index contributed by atoms with van der Waals surface area (Å²) in [4.78, 5) is 21.7. The Bertz CT molecular complexity index is 1200. The third-order valence-electron chi connectivity index (χ3n) is 5.62. The molecule has 0 saturated carbocycles. The summed E-state index contributed by atoms with van der Waals surface area (Å²) in [5.74, 6) is -0.0584. The largest absolute Gasteiger partial charge is 0.412 e. The summed E-state index contributed by atoms with van der Waals surface area (Å²) < 4.78 is 5.36. The van der Waals surface area contributed by atoms with Gasteiger partial charge in [-0.2, -0.15) is 5.10 Å². The first kappa shape index (κ1) is 22.3. The van der Waals surface area contributed by atoms with Crippen molar-refractivity contribution in [2.45, 2.75) is 18.9 Å². The summed E-state index contributed by atoms with van der Waals surface area (Å²) in [7, 11) is 0. The van der Waals surface area contributed by atoms with Crippen LogP contribution in [0.15, 0.2) is 73.2 Å². The minimum Gasteiger partial charge on any atom is -0.412 e. The van der Waals surface area contributed by atoms with Crippen molar-refractivity contribution in [2.75, 3.05) is 13.2 Å². The molecule has 8 heteroatoms. The number of pyridine rings is 2. The van der Waals surface area contributed by atoms with Crippen LogP contribution in [0.2, 0.25) is 0 Å². The van der Waals surface area contributed by atoms with Crippen LogP contribution in [0.5, 0.6) is 0 Å². The lowest BCUT2D eigenvalue weighted by atomic mass is 9.98. The van der Waals surface area contributed by atoms with Gasteiger partial charge in [0.2, 0.25) is 0 Å². The quantitative estimate of drug-likeness (QED) is 0.490. The number of rotatable bonds is 5. The van der Waals surface area contributed by atoms with Crippen molar-refractivity contribution in [1.82, 2.24) is 25.5 Å². The lowest BCUT2D eigenvalue weighted by Gasteiger charge is -2.23. The summed E-state index contributed by atoms with van der Waals surface area (Å²) in [6, 6.07) is 17.4. The van der Waals surface area contributed by atoms with Crippen molar-refractivity contribution in [3.63, 3.8) is 0 Å². The zero-order chi connectivity index (χ0) is 21.8. The number of hydrogen-bond donors (Lipinski definition) is 2. The number of nitrogens with zero attached hydrogens (tertiary/aromatic N) is 3. The van der Waals surface area contributed by atoms with Crippen molar-refractivity contribution in [1.29, 1.82) is 0 Å². The number of carbonyl (C=O) groups is 1. The molecule has 168 valence electrons. The fourth-order valence-corrected chi connectivity index (χ4v) is 3.94. The number of hydrogen-bond acceptors (Lipinski definition) is 5. The molecule has 0 atom stereocenters. The Balaban J connectivity index is 0.00000259. The maximum atomic E-state index is 12.6. The highest BCUT2D eigenvalue weighted by molar-refractivity contribution is 5.95. The number of H-pyrrole nitrogens is 1. The van der Waals surface area contributed by atoms with Crippen molar-refractivity contribution in [3.05, 3.63) is 78.8 Å². The Kier molecular flexibility index (Phi) is 6.87. The molecule has 4 heterocycles. The molecule has 33 heavy (non-hydrogen) atoms. The van der Waals surface area contributed by atoms with E-state index >= 15 is 0 Å². The average molecular weight is 444 g/mol. The number of aromatic nitrogens is 4. The minimum absolute atomic E-state index is 0. The van der Waals surface area contributed by atoms with Crippen LogP contribution < -0.4 is 5.32 Å². The standard InChI is InChI=1S/C25H23N5O2.H2O/c31-25(29-19-10-14-32-15-11-19)18-8-6-17(7-9-18)23-20(4-3-13-27-23)21-16-28-30-24(21)22-5-1-2-12-26-22;/h1-9,12-13,16,19H,10-11,14-15H2,(H,28,30)(H,29,31);1H2. The van der Waals surface area contributed by atoms with Gasteiger partial charge in [-0.3, -0.25) is 19.9 Å². The van der Waals surface area contributed by atoms with E-state index in [1.165, 1.54) is 0 Å². The molecule has 0 unspecified atom stereocenters.